The minimum absolute atomic E-state index is 0.0613. The first-order valence-corrected chi connectivity index (χ1v) is 13.7. The fourth-order valence-corrected chi connectivity index (χ4v) is 5.90. The minimum Gasteiger partial charge on any atom is -0.494 e. The molecule has 0 unspecified atom stereocenters. The minimum atomic E-state index is -5.67. The van der Waals surface area contributed by atoms with Crippen LogP contribution in [0.5, 0.6) is 5.75 Å². The van der Waals surface area contributed by atoms with Crippen LogP contribution < -0.4 is 14.8 Å². The number of fused-ring (bicyclic) bond motifs is 1. The molecular formula is C22H23F3N4O5S2. The predicted octanol–water partition coefficient (Wildman–Crippen LogP) is 2.47. The molecule has 4 rings (SSSR count). The second-order valence-electron chi connectivity index (χ2n) is 8.23. The van der Waals surface area contributed by atoms with E-state index in [0.717, 1.165) is 11.6 Å². The van der Waals surface area contributed by atoms with Gasteiger partial charge in [0.2, 0.25) is 0 Å². The number of nitrogens with two attached hydrogens (primary N) is 1. The van der Waals surface area contributed by atoms with Crippen LogP contribution in [-0.4, -0.2) is 64.4 Å². The number of piperazine rings is 1. The van der Waals surface area contributed by atoms with E-state index in [-0.39, 0.29) is 30.9 Å². The summed E-state index contributed by atoms with van der Waals surface area (Å²) in [6.45, 7) is 0.554. The average Bonchev–Trinajstić information content (AvgIpc) is 2.82. The first-order valence-electron chi connectivity index (χ1n) is 10.7. The molecule has 0 aliphatic carbocycles. The lowest BCUT2D eigenvalue weighted by atomic mass is 10.0. The van der Waals surface area contributed by atoms with Crippen molar-refractivity contribution in [1.29, 1.82) is 0 Å². The molecule has 2 aromatic carbocycles. The fraction of sp³-hybridized carbons (Fsp3) is 0.318. The Morgan fingerprint density at radius 2 is 1.72 bits per heavy atom. The van der Waals surface area contributed by atoms with Crippen molar-refractivity contribution in [1.82, 2.24) is 9.29 Å². The number of benzene rings is 2. The van der Waals surface area contributed by atoms with E-state index in [0.29, 0.717) is 17.5 Å². The highest BCUT2D eigenvalue weighted by Crippen LogP contribution is 2.37. The Bertz CT molecular complexity index is 1480. The van der Waals surface area contributed by atoms with Gasteiger partial charge in [0.1, 0.15) is 11.3 Å². The van der Waals surface area contributed by atoms with Gasteiger partial charge in [-0.25, -0.2) is 18.5 Å². The maximum atomic E-state index is 13.1. The predicted molar refractivity (Wildman–Crippen MR) is 127 cm³/mol. The number of ether oxygens (including phenoxy) is 1. The molecule has 14 heteroatoms. The smallest absolute Gasteiger partial charge is 0.494 e. The average molecular weight is 545 g/mol. The summed E-state index contributed by atoms with van der Waals surface area (Å²) in [5.74, 6) is 0.0944. The second-order valence-corrected chi connectivity index (χ2v) is 11.6. The van der Waals surface area contributed by atoms with Gasteiger partial charge in [-0.1, -0.05) is 30.3 Å². The Hall–Kier alpha value is -2.94. The maximum Gasteiger partial charge on any atom is 0.503 e. The SMILES string of the molecule is COc1ccc(N2CCN(S(N)(=O)=O)[C@@H](Cc3ccccc3)C2)c2ccc(S(=O)(=O)C(F)(F)F)nc12. The van der Waals surface area contributed by atoms with Crippen molar-refractivity contribution < 1.29 is 34.7 Å². The third-order valence-corrected chi connectivity index (χ3v) is 8.50. The van der Waals surface area contributed by atoms with Gasteiger partial charge in [-0.05, 0) is 36.2 Å². The summed E-state index contributed by atoms with van der Waals surface area (Å²) >= 11 is 0. The van der Waals surface area contributed by atoms with Gasteiger partial charge < -0.3 is 9.64 Å². The van der Waals surface area contributed by atoms with Crippen molar-refractivity contribution in [3.8, 4) is 5.75 Å². The number of rotatable bonds is 6. The van der Waals surface area contributed by atoms with Crippen molar-refractivity contribution in [3.63, 3.8) is 0 Å². The number of anilines is 1. The summed E-state index contributed by atoms with van der Waals surface area (Å²) in [5, 5.41) is 4.68. The lowest BCUT2D eigenvalue weighted by Gasteiger charge is -2.41. The van der Waals surface area contributed by atoms with E-state index in [2.05, 4.69) is 4.98 Å². The lowest BCUT2D eigenvalue weighted by molar-refractivity contribution is -0.0438. The number of nitrogens with zero attached hydrogens (tertiary/aromatic N) is 3. The van der Waals surface area contributed by atoms with E-state index in [1.807, 2.05) is 35.2 Å². The number of pyridine rings is 1. The largest absolute Gasteiger partial charge is 0.503 e. The van der Waals surface area contributed by atoms with Gasteiger partial charge in [-0.2, -0.15) is 25.9 Å². The zero-order chi connectivity index (χ0) is 26.3. The fourth-order valence-electron chi connectivity index (χ4n) is 4.31. The molecule has 3 aromatic rings. The van der Waals surface area contributed by atoms with Gasteiger partial charge >= 0.3 is 5.51 Å². The van der Waals surface area contributed by atoms with Gasteiger partial charge in [-0.15, -0.1) is 0 Å². The van der Waals surface area contributed by atoms with Gasteiger partial charge in [0.15, 0.2) is 5.03 Å². The van der Waals surface area contributed by atoms with Crippen molar-refractivity contribution in [2.45, 2.75) is 23.0 Å². The zero-order valence-electron chi connectivity index (χ0n) is 19.0. The van der Waals surface area contributed by atoms with Gasteiger partial charge in [0.05, 0.1) is 7.11 Å². The molecule has 1 saturated heterocycles. The third kappa shape index (κ3) is 4.98. The Morgan fingerprint density at radius 1 is 1.03 bits per heavy atom. The molecule has 0 amide bonds. The number of alkyl halides is 3. The van der Waals surface area contributed by atoms with E-state index in [1.54, 1.807) is 6.07 Å². The van der Waals surface area contributed by atoms with Crippen LogP contribution >= 0.6 is 0 Å². The summed E-state index contributed by atoms with van der Waals surface area (Å²) in [7, 11) is -8.36. The number of methoxy groups -OCH3 is 1. The molecule has 1 aromatic heterocycles. The Balaban J connectivity index is 1.76. The third-order valence-electron chi connectivity index (χ3n) is 5.98. The molecule has 1 fully saturated rings. The molecule has 1 aliphatic rings. The van der Waals surface area contributed by atoms with Gasteiger partial charge in [0.25, 0.3) is 20.0 Å². The Labute approximate surface area is 206 Å². The number of sulfone groups is 1. The van der Waals surface area contributed by atoms with Crippen molar-refractivity contribution in [3.05, 3.63) is 60.2 Å². The second kappa shape index (κ2) is 9.50. The van der Waals surface area contributed by atoms with Crippen molar-refractivity contribution in [2.24, 2.45) is 5.14 Å². The summed E-state index contributed by atoms with van der Waals surface area (Å²) < 4.78 is 94.1. The molecule has 36 heavy (non-hydrogen) atoms. The molecule has 0 radical (unpaired) electrons. The summed E-state index contributed by atoms with van der Waals surface area (Å²) in [4.78, 5) is 5.67. The summed E-state index contributed by atoms with van der Waals surface area (Å²) in [6.07, 6.45) is 0.383. The van der Waals surface area contributed by atoms with Crippen LogP contribution in [-0.2, 0) is 26.5 Å². The number of hydrogen-bond acceptors (Lipinski definition) is 7. The monoisotopic (exact) mass is 544 g/mol. The topological polar surface area (TPSA) is 123 Å². The van der Waals surface area contributed by atoms with Crippen molar-refractivity contribution in [2.75, 3.05) is 31.6 Å². The van der Waals surface area contributed by atoms with E-state index < -0.39 is 36.6 Å². The highest BCUT2D eigenvalue weighted by molar-refractivity contribution is 7.92. The highest BCUT2D eigenvalue weighted by Gasteiger charge is 2.48. The molecule has 0 saturated carbocycles. The maximum absolute atomic E-state index is 13.1. The standard InChI is InChI=1S/C22H23F3N4O5S2/c1-34-19-9-8-18(17-7-10-20(27-21(17)19)35(30,31)22(23,24)25)28-11-12-29(36(26,32)33)16(14-28)13-15-5-3-2-4-6-15/h2-10,16H,11-14H2,1H3,(H2,26,32,33)/t16-/m0/s1. The van der Waals surface area contributed by atoms with E-state index in [9.17, 15) is 30.0 Å². The van der Waals surface area contributed by atoms with Crippen LogP contribution in [0.1, 0.15) is 5.56 Å². The quantitative estimate of drug-likeness (QED) is 0.506. The highest BCUT2D eigenvalue weighted by atomic mass is 32.2. The molecule has 0 bridgehead atoms. The molecule has 1 aliphatic heterocycles. The Morgan fingerprint density at radius 3 is 2.33 bits per heavy atom. The number of hydrogen-bond donors (Lipinski definition) is 1. The van der Waals surface area contributed by atoms with E-state index >= 15 is 0 Å². The number of aromatic nitrogens is 1. The zero-order valence-corrected chi connectivity index (χ0v) is 20.6. The van der Waals surface area contributed by atoms with Gasteiger partial charge in [-0.3, -0.25) is 0 Å². The van der Waals surface area contributed by atoms with Crippen molar-refractivity contribution >= 4 is 36.6 Å². The first-order chi connectivity index (χ1) is 16.8. The van der Waals surface area contributed by atoms with Gasteiger partial charge in [0, 0.05) is 36.7 Å². The van der Waals surface area contributed by atoms with Crippen LogP contribution in [0.4, 0.5) is 18.9 Å². The van der Waals surface area contributed by atoms with Crippen LogP contribution in [0.3, 0.4) is 0 Å². The van der Waals surface area contributed by atoms with E-state index in [1.165, 1.54) is 23.5 Å². The molecule has 2 heterocycles. The molecular weight excluding hydrogens is 521 g/mol. The molecule has 2 N–H and O–H groups in total. The molecule has 0 spiro atoms. The van der Waals surface area contributed by atoms with Crippen LogP contribution in [0.2, 0.25) is 0 Å². The van der Waals surface area contributed by atoms with E-state index in [4.69, 9.17) is 9.88 Å². The molecule has 194 valence electrons. The Kier molecular flexibility index (Phi) is 6.90. The first kappa shape index (κ1) is 26.1. The summed E-state index contributed by atoms with van der Waals surface area (Å²) in [6, 6.07) is 13.9. The molecule has 1 atom stereocenters. The van der Waals surface area contributed by atoms with Crippen LogP contribution in [0.25, 0.3) is 10.9 Å². The normalized spacial score (nSPS) is 17.9. The number of halogens is 3. The lowest BCUT2D eigenvalue weighted by Crippen LogP contribution is -2.57. The van der Waals surface area contributed by atoms with Crippen LogP contribution in [0, 0.1) is 0 Å². The molecule has 9 nitrogen and oxygen atoms in total. The summed E-state index contributed by atoms with van der Waals surface area (Å²) in [5.41, 5.74) is -4.12. The van der Waals surface area contributed by atoms with Crippen LogP contribution in [0.15, 0.2) is 59.6 Å².